The first-order valence-electron chi connectivity index (χ1n) is 9.95. The molecule has 0 radical (unpaired) electrons. The van der Waals surface area contributed by atoms with Gasteiger partial charge in [0.25, 0.3) is 5.92 Å². The van der Waals surface area contributed by atoms with Gasteiger partial charge in [0.15, 0.2) is 5.82 Å². The average molecular weight is 426 g/mol. The van der Waals surface area contributed by atoms with Crippen LogP contribution in [0.4, 0.5) is 23.4 Å². The van der Waals surface area contributed by atoms with Crippen molar-refractivity contribution < 1.29 is 27.4 Å². The molecule has 3 aliphatic rings. The fourth-order valence-electron chi connectivity index (χ4n) is 4.69. The first kappa shape index (κ1) is 19.7. The first-order chi connectivity index (χ1) is 14.1. The summed E-state index contributed by atoms with van der Waals surface area (Å²) in [4.78, 5) is 10.3. The van der Waals surface area contributed by atoms with Crippen LogP contribution in [0.5, 0.6) is 6.01 Å². The number of hydrogen-bond acceptors (Lipinski definition) is 6. The average Bonchev–Trinajstić information content (AvgIpc) is 3.13. The van der Waals surface area contributed by atoms with Crippen LogP contribution in [0.2, 0.25) is 0 Å². The molecule has 2 aromatic rings. The molecule has 2 N–H and O–H groups in total. The van der Waals surface area contributed by atoms with Gasteiger partial charge in [0, 0.05) is 42.5 Å². The van der Waals surface area contributed by atoms with Crippen LogP contribution in [0.3, 0.4) is 0 Å². The largest absolute Gasteiger partial charge is 0.462 e. The van der Waals surface area contributed by atoms with Gasteiger partial charge < -0.3 is 20.1 Å². The minimum atomic E-state index is -3.03. The highest BCUT2D eigenvalue weighted by Gasteiger charge is 2.71. The number of hydrogen-bond donors (Lipinski definition) is 2. The van der Waals surface area contributed by atoms with Crippen LogP contribution >= 0.6 is 0 Å². The monoisotopic (exact) mass is 426 g/mol. The molecule has 1 aliphatic carbocycles. The van der Waals surface area contributed by atoms with E-state index in [1.165, 1.54) is 6.07 Å². The van der Waals surface area contributed by atoms with Gasteiger partial charge in [-0.1, -0.05) is 0 Å². The Kier molecular flexibility index (Phi) is 4.21. The number of alkyl halides is 2. The standard InChI is InChI=1S/C20H22F4N4O2/c1-18-3-2-12(27-18)6-28(8-18)16-13-4-11(21)5-14(22)15(13)25-17(26-16)30-10-19(9-29)7-20(19,23)24/h4-5,12,27,29H,2-3,6-10H2,1H3. The summed E-state index contributed by atoms with van der Waals surface area (Å²) in [6, 6.07) is 1.85. The molecule has 3 unspecified atom stereocenters. The molecule has 30 heavy (non-hydrogen) atoms. The second-order valence-electron chi connectivity index (χ2n) is 9.04. The zero-order valence-corrected chi connectivity index (χ0v) is 16.4. The fourth-order valence-corrected chi connectivity index (χ4v) is 4.69. The molecule has 0 amide bonds. The fraction of sp³-hybridized carbons (Fsp3) is 0.600. The number of anilines is 1. The molecule has 2 aliphatic heterocycles. The van der Waals surface area contributed by atoms with Gasteiger partial charge in [0.1, 0.15) is 23.8 Å². The number of rotatable bonds is 5. The van der Waals surface area contributed by atoms with E-state index in [0.29, 0.717) is 18.9 Å². The van der Waals surface area contributed by atoms with Crippen molar-refractivity contribution in [2.45, 2.75) is 43.7 Å². The zero-order valence-electron chi connectivity index (χ0n) is 16.4. The Bertz CT molecular complexity index is 1020. The summed E-state index contributed by atoms with van der Waals surface area (Å²) < 4.78 is 61.1. The Morgan fingerprint density at radius 2 is 2.07 bits per heavy atom. The topological polar surface area (TPSA) is 70.5 Å². The van der Waals surface area contributed by atoms with E-state index in [4.69, 9.17) is 4.74 Å². The quantitative estimate of drug-likeness (QED) is 0.717. The molecule has 1 saturated carbocycles. The third-order valence-corrected chi connectivity index (χ3v) is 6.55. The summed E-state index contributed by atoms with van der Waals surface area (Å²) in [5, 5.41) is 13.1. The van der Waals surface area contributed by atoms with Crippen molar-refractivity contribution >= 4 is 16.7 Å². The van der Waals surface area contributed by atoms with Crippen molar-refractivity contribution in [3.63, 3.8) is 0 Å². The van der Waals surface area contributed by atoms with E-state index in [2.05, 4.69) is 22.2 Å². The number of nitrogens with one attached hydrogen (secondary N) is 1. The van der Waals surface area contributed by atoms with Crippen LogP contribution in [-0.2, 0) is 0 Å². The third kappa shape index (κ3) is 3.08. The summed E-state index contributed by atoms with van der Waals surface area (Å²) in [6.07, 6.45) is 1.46. The number of halogens is 4. The van der Waals surface area contributed by atoms with E-state index in [9.17, 15) is 22.7 Å². The molecule has 162 valence electrons. The zero-order chi connectivity index (χ0) is 21.3. The van der Waals surface area contributed by atoms with Gasteiger partial charge in [0.05, 0.1) is 12.0 Å². The van der Waals surface area contributed by atoms with E-state index < -0.39 is 42.6 Å². The number of nitrogens with zero attached hydrogens (tertiary/aromatic N) is 3. The van der Waals surface area contributed by atoms with E-state index in [1.807, 2.05) is 4.90 Å². The highest BCUT2D eigenvalue weighted by atomic mass is 19.3. The Hall–Kier alpha value is -2.20. The Labute approximate surface area is 170 Å². The van der Waals surface area contributed by atoms with Crippen molar-refractivity contribution in [2.24, 2.45) is 5.41 Å². The van der Waals surface area contributed by atoms with Gasteiger partial charge >= 0.3 is 6.01 Å². The lowest BCUT2D eigenvalue weighted by Crippen LogP contribution is -2.58. The Morgan fingerprint density at radius 1 is 1.30 bits per heavy atom. The smallest absolute Gasteiger partial charge is 0.319 e. The van der Waals surface area contributed by atoms with Gasteiger partial charge in [-0.25, -0.2) is 17.6 Å². The molecule has 3 fully saturated rings. The third-order valence-electron chi connectivity index (χ3n) is 6.55. The number of aliphatic hydroxyl groups is 1. The minimum absolute atomic E-state index is 0.131. The van der Waals surface area contributed by atoms with Crippen LogP contribution in [-0.4, -0.2) is 58.9 Å². The van der Waals surface area contributed by atoms with Crippen molar-refractivity contribution in [2.75, 3.05) is 31.2 Å². The lowest BCUT2D eigenvalue weighted by molar-refractivity contribution is 0.0126. The highest BCUT2D eigenvalue weighted by molar-refractivity contribution is 5.90. The van der Waals surface area contributed by atoms with Crippen molar-refractivity contribution in [3.05, 3.63) is 23.8 Å². The van der Waals surface area contributed by atoms with Crippen molar-refractivity contribution in [1.29, 1.82) is 0 Å². The summed E-state index contributed by atoms with van der Waals surface area (Å²) in [7, 11) is 0. The summed E-state index contributed by atoms with van der Waals surface area (Å²) in [6.45, 7) is 2.02. The number of piperazine rings is 1. The van der Waals surface area contributed by atoms with Crippen LogP contribution in [0.25, 0.3) is 10.9 Å². The number of aliphatic hydroxyl groups excluding tert-OH is 1. The number of fused-ring (bicyclic) bond motifs is 3. The molecule has 5 rings (SSSR count). The normalized spacial score (nSPS) is 31.9. The van der Waals surface area contributed by atoms with Gasteiger partial charge in [-0.05, 0) is 25.8 Å². The van der Waals surface area contributed by atoms with E-state index >= 15 is 0 Å². The predicted octanol–water partition coefficient (Wildman–Crippen LogP) is 2.64. The second kappa shape index (κ2) is 6.40. The van der Waals surface area contributed by atoms with Crippen molar-refractivity contribution in [1.82, 2.24) is 15.3 Å². The van der Waals surface area contributed by atoms with Gasteiger partial charge in [-0.15, -0.1) is 0 Å². The lowest BCUT2D eigenvalue weighted by atomic mass is 10.00. The molecule has 1 aromatic carbocycles. The molecule has 3 atom stereocenters. The van der Waals surface area contributed by atoms with Crippen LogP contribution < -0.4 is 15.0 Å². The van der Waals surface area contributed by atoms with E-state index in [1.54, 1.807) is 0 Å². The molecular weight excluding hydrogens is 404 g/mol. The first-order valence-corrected chi connectivity index (χ1v) is 9.95. The maximum atomic E-state index is 14.5. The summed E-state index contributed by atoms with van der Waals surface area (Å²) >= 11 is 0. The van der Waals surface area contributed by atoms with Crippen LogP contribution in [0.1, 0.15) is 26.2 Å². The molecule has 1 aromatic heterocycles. The van der Waals surface area contributed by atoms with Crippen molar-refractivity contribution in [3.8, 4) is 6.01 Å². The Balaban J connectivity index is 1.53. The molecule has 10 heteroatoms. The molecule has 0 spiro atoms. The molecule has 6 nitrogen and oxygen atoms in total. The molecule has 2 saturated heterocycles. The number of ether oxygens (including phenoxy) is 1. The minimum Gasteiger partial charge on any atom is -0.462 e. The lowest BCUT2D eigenvalue weighted by Gasteiger charge is -2.40. The van der Waals surface area contributed by atoms with Crippen LogP contribution in [0, 0.1) is 17.0 Å². The van der Waals surface area contributed by atoms with Gasteiger partial charge in [-0.3, -0.25) is 0 Å². The second-order valence-corrected chi connectivity index (χ2v) is 9.04. The van der Waals surface area contributed by atoms with Gasteiger partial charge in [-0.2, -0.15) is 9.97 Å². The van der Waals surface area contributed by atoms with Crippen LogP contribution in [0.15, 0.2) is 12.1 Å². The maximum absolute atomic E-state index is 14.5. The SMILES string of the molecule is CC12CCC(CN(c3nc(OCC4(CO)CC4(F)F)nc4c(F)cc(F)cc34)C1)N2. The molecule has 3 heterocycles. The number of benzene rings is 1. The highest BCUT2D eigenvalue weighted by Crippen LogP contribution is 2.60. The Morgan fingerprint density at radius 3 is 2.73 bits per heavy atom. The predicted molar refractivity (Wildman–Crippen MR) is 101 cm³/mol. The summed E-state index contributed by atoms with van der Waals surface area (Å²) in [5.41, 5.74) is -1.95. The summed E-state index contributed by atoms with van der Waals surface area (Å²) in [5.74, 6) is -4.34. The van der Waals surface area contributed by atoms with E-state index in [0.717, 1.165) is 18.9 Å². The van der Waals surface area contributed by atoms with Gasteiger partial charge in [0.2, 0.25) is 0 Å². The molecule has 2 bridgehead atoms. The molecular formula is C20H22F4N4O2. The number of aromatic nitrogens is 2. The van der Waals surface area contributed by atoms with E-state index in [-0.39, 0.29) is 28.5 Å². The maximum Gasteiger partial charge on any atom is 0.319 e.